The number of nitrogens with one attached hydrogen (secondary N) is 1. The van der Waals surface area contributed by atoms with E-state index in [2.05, 4.69) is 29.0 Å². The van der Waals surface area contributed by atoms with Crippen LogP contribution in [0.1, 0.15) is 38.7 Å². The highest BCUT2D eigenvalue weighted by Gasteiger charge is 2.31. The molecule has 0 bridgehead atoms. The number of hydrogen-bond acceptors (Lipinski definition) is 4. The lowest BCUT2D eigenvalue weighted by Gasteiger charge is -2.33. The van der Waals surface area contributed by atoms with E-state index in [1.165, 1.54) is 0 Å². The zero-order chi connectivity index (χ0) is 20.1. The first-order valence-electron chi connectivity index (χ1n) is 9.83. The van der Waals surface area contributed by atoms with Gasteiger partial charge in [0, 0.05) is 24.1 Å². The highest BCUT2D eigenvalue weighted by atomic mass is 32.2. The number of rotatable bonds is 7. The largest absolute Gasteiger partial charge is 0.493 e. The number of sulfonamides is 1. The molecule has 6 heteroatoms. The van der Waals surface area contributed by atoms with Crippen LogP contribution >= 0.6 is 0 Å². The van der Waals surface area contributed by atoms with Crippen LogP contribution in [0, 0.1) is 0 Å². The fraction of sp³-hybridized carbons (Fsp3) is 0.455. The van der Waals surface area contributed by atoms with E-state index in [-0.39, 0.29) is 12.0 Å². The molecule has 28 heavy (non-hydrogen) atoms. The van der Waals surface area contributed by atoms with Gasteiger partial charge in [-0.1, -0.05) is 42.5 Å². The highest BCUT2D eigenvalue weighted by Crippen LogP contribution is 2.33. The Labute approximate surface area is 168 Å². The van der Waals surface area contributed by atoms with Crippen LogP contribution in [0.5, 0.6) is 5.75 Å². The van der Waals surface area contributed by atoms with E-state index in [4.69, 9.17) is 9.47 Å². The molecule has 1 aliphatic heterocycles. The van der Waals surface area contributed by atoms with Gasteiger partial charge in [0.1, 0.15) is 5.75 Å². The lowest BCUT2D eigenvalue weighted by atomic mass is 9.88. The molecule has 0 aromatic heterocycles. The summed E-state index contributed by atoms with van der Waals surface area (Å²) < 4.78 is 39.0. The fourth-order valence-electron chi connectivity index (χ4n) is 3.45. The Morgan fingerprint density at radius 1 is 1.14 bits per heavy atom. The molecule has 152 valence electrons. The lowest BCUT2D eigenvalue weighted by Crippen LogP contribution is -2.46. The molecule has 0 spiro atoms. The van der Waals surface area contributed by atoms with Gasteiger partial charge in [-0.15, -0.1) is 0 Å². The Kier molecular flexibility index (Phi) is 6.75. The monoisotopic (exact) mass is 403 g/mol. The van der Waals surface area contributed by atoms with Gasteiger partial charge in [0.2, 0.25) is 10.0 Å². The van der Waals surface area contributed by atoms with Gasteiger partial charge in [0.25, 0.3) is 0 Å². The van der Waals surface area contributed by atoms with Gasteiger partial charge in [-0.05, 0) is 44.4 Å². The van der Waals surface area contributed by atoms with E-state index < -0.39 is 15.3 Å². The Balaban J connectivity index is 1.83. The lowest BCUT2D eigenvalue weighted by molar-refractivity contribution is 0.0653. The minimum absolute atomic E-state index is 0.00143. The predicted molar refractivity (Wildman–Crippen MR) is 112 cm³/mol. The third kappa shape index (κ3) is 4.74. The summed E-state index contributed by atoms with van der Waals surface area (Å²) in [5.41, 5.74) is 3.20. The third-order valence-electron chi connectivity index (χ3n) is 5.13. The molecule has 0 amide bonds. The molecule has 1 aliphatic rings. The zero-order valence-electron chi connectivity index (χ0n) is 16.7. The standard InChI is InChI=1S/C22H29NO4S/c1-4-27-22-8-6-5-7-19(22)17-9-11-18(12-10-17)20-15-26-14-13-21(20)23-28(24,25)16(2)3/h5-12,16,20-21,23H,4,13-15H2,1-3H3/t20-,21+/m1/s1. The van der Waals surface area contributed by atoms with Crippen molar-refractivity contribution in [3.05, 3.63) is 54.1 Å². The third-order valence-corrected chi connectivity index (χ3v) is 7.00. The molecule has 0 aliphatic carbocycles. The maximum absolute atomic E-state index is 12.3. The van der Waals surface area contributed by atoms with Gasteiger partial charge in [-0.2, -0.15) is 0 Å². The van der Waals surface area contributed by atoms with Crippen LogP contribution in [-0.2, 0) is 14.8 Å². The summed E-state index contributed by atoms with van der Waals surface area (Å²) in [6.45, 7) is 7.07. The summed E-state index contributed by atoms with van der Waals surface area (Å²) >= 11 is 0. The van der Waals surface area contributed by atoms with Crippen LogP contribution in [0.4, 0.5) is 0 Å². The average Bonchev–Trinajstić information content (AvgIpc) is 2.69. The molecule has 1 heterocycles. The molecular formula is C22H29NO4S. The van der Waals surface area contributed by atoms with E-state index in [0.29, 0.717) is 26.2 Å². The summed E-state index contributed by atoms with van der Waals surface area (Å²) in [6.07, 6.45) is 0.672. The molecule has 5 nitrogen and oxygen atoms in total. The Hall–Kier alpha value is -1.89. The van der Waals surface area contributed by atoms with Crippen molar-refractivity contribution in [2.75, 3.05) is 19.8 Å². The number of ether oxygens (including phenoxy) is 2. The van der Waals surface area contributed by atoms with Crippen molar-refractivity contribution in [3.63, 3.8) is 0 Å². The van der Waals surface area contributed by atoms with Crippen molar-refractivity contribution in [1.29, 1.82) is 0 Å². The van der Waals surface area contributed by atoms with Crippen LogP contribution < -0.4 is 9.46 Å². The van der Waals surface area contributed by atoms with Gasteiger partial charge in [-0.3, -0.25) is 0 Å². The number of benzene rings is 2. The molecule has 3 rings (SSSR count). The summed E-state index contributed by atoms with van der Waals surface area (Å²) in [5.74, 6) is 0.861. The van der Waals surface area contributed by atoms with Crippen LogP contribution in [0.2, 0.25) is 0 Å². The SMILES string of the molecule is CCOc1ccccc1-c1ccc([C@H]2COCC[C@@H]2NS(=O)(=O)C(C)C)cc1. The van der Waals surface area contributed by atoms with Crippen LogP contribution in [0.15, 0.2) is 48.5 Å². The number of para-hydroxylation sites is 1. The van der Waals surface area contributed by atoms with Crippen molar-refractivity contribution in [2.24, 2.45) is 0 Å². The summed E-state index contributed by atoms with van der Waals surface area (Å²) in [5, 5.41) is -0.451. The molecule has 1 N–H and O–H groups in total. The minimum Gasteiger partial charge on any atom is -0.493 e. The van der Waals surface area contributed by atoms with Crippen LogP contribution in [-0.4, -0.2) is 39.5 Å². The predicted octanol–water partition coefficient (Wildman–Crippen LogP) is 3.95. The van der Waals surface area contributed by atoms with Gasteiger partial charge in [0.15, 0.2) is 0 Å². The Bertz CT molecular complexity index is 878. The average molecular weight is 404 g/mol. The van der Waals surface area contributed by atoms with Crippen molar-refractivity contribution in [1.82, 2.24) is 4.72 Å². The van der Waals surface area contributed by atoms with Gasteiger partial charge < -0.3 is 9.47 Å². The minimum atomic E-state index is -3.32. The topological polar surface area (TPSA) is 64.6 Å². The summed E-state index contributed by atoms with van der Waals surface area (Å²) in [6, 6.07) is 16.1. The highest BCUT2D eigenvalue weighted by molar-refractivity contribution is 7.90. The van der Waals surface area contributed by atoms with E-state index >= 15 is 0 Å². The van der Waals surface area contributed by atoms with E-state index in [0.717, 1.165) is 22.4 Å². The van der Waals surface area contributed by atoms with E-state index in [9.17, 15) is 8.42 Å². The van der Waals surface area contributed by atoms with Crippen molar-refractivity contribution in [3.8, 4) is 16.9 Å². The molecule has 0 unspecified atom stereocenters. The molecule has 2 atom stereocenters. The second-order valence-electron chi connectivity index (χ2n) is 7.34. The van der Waals surface area contributed by atoms with Gasteiger partial charge in [0.05, 0.1) is 18.5 Å². The second-order valence-corrected chi connectivity index (χ2v) is 9.61. The van der Waals surface area contributed by atoms with Crippen LogP contribution in [0.3, 0.4) is 0 Å². The fourth-order valence-corrected chi connectivity index (χ4v) is 4.43. The Morgan fingerprint density at radius 3 is 2.54 bits per heavy atom. The molecule has 1 saturated heterocycles. The molecule has 1 fully saturated rings. The first kappa shape index (κ1) is 20.8. The smallest absolute Gasteiger partial charge is 0.214 e. The molecule has 2 aromatic rings. The van der Waals surface area contributed by atoms with Crippen molar-refractivity contribution in [2.45, 2.75) is 44.4 Å². The summed E-state index contributed by atoms with van der Waals surface area (Å²) in [4.78, 5) is 0. The van der Waals surface area contributed by atoms with Crippen molar-refractivity contribution < 1.29 is 17.9 Å². The maximum atomic E-state index is 12.3. The van der Waals surface area contributed by atoms with Gasteiger partial charge in [-0.25, -0.2) is 13.1 Å². The maximum Gasteiger partial charge on any atom is 0.214 e. The first-order valence-corrected chi connectivity index (χ1v) is 11.4. The Morgan fingerprint density at radius 2 is 1.86 bits per heavy atom. The zero-order valence-corrected chi connectivity index (χ0v) is 17.5. The normalized spacial score (nSPS) is 20.3. The van der Waals surface area contributed by atoms with Crippen molar-refractivity contribution >= 4 is 10.0 Å². The molecule has 0 radical (unpaired) electrons. The quantitative estimate of drug-likeness (QED) is 0.760. The van der Waals surface area contributed by atoms with E-state index in [1.54, 1.807) is 13.8 Å². The first-order chi connectivity index (χ1) is 13.4. The summed E-state index contributed by atoms with van der Waals surface area (Å²) in [7, 11) is -3.32. The van der Waals surface area contributed by atoms with Gasteiger partial charge >= 0.3 is 0 Å². The van der Waals surface area contributed by atoms with E-state index in [1.807, 2.05) is 31.2 Å². The molecule has 0 saturated carbocycles. The molecular weight excluding hydrogens is 374 g/mol. The number of hydrogen-bond donors (Lipinski definition) is 1. The molecule has 2 aromatic carbocycles. The van der Waals surface area contributed by atoms with Crippen LogP contribution in [0.25, 0.3) is 11.1 Å². The second kappa shape index (κ2) is 9.07.